The van der Waals surface area contributed by atoms with E-state index in [1.54, 1.807) is 18.3 Å². The van der Waals surface area contributed by atoms with Gasteiger partial charge in [0, 0.05) is 16.8 Å². The molecule has 170 valence electrons. The van der Waals surface area contributed by atoms with Gasteiger partial charge in [-0.15, -0.1) is 0 Å². The predicted octanol–water partition coefficient (Wildman–Crippen LogP) is 5.30. The summed E-state index contributed by atoms with van der Waals surface area (Å²) < 4.78 is 5.42. The number of hydrogen-bond donors (Lipinski definition) is 3. The lowest BCUT2D eigenvalue weighted by Gasteiger charge is -2.34. The van der Waals surface area contributed by atoms with E-state index in [4.69, 9.17) is 16.3 Å². The van der Waals surface area contributed by atoms with Gasteiger partial charge in [-0.2, -0.15) is 5.26 Å². The van der Waals surface area contributed by atoms with E-state index >= 15 is 0 Å². The molecule has 0 spiro atoms. The van der Waals surface area contributed by atoms with Crippen molar-refractivity contribution >= 4 is 34.9 Å². The summed E-state index contributed by atoms with van der Waals surface area (Å²) in [5.41, 5.74) is 1.74. The molecule has 2 aromatic heterocycles. The quantitative estimate of drug-likeness (QED) is 0.559. The van der Waals surface area contributed by atoms with Gasteiger partial charge in [-0.05, 0) is 58.7 Å². The van der Waals surface area contributed by atoms with Crippen LogP contribution in [0.3, 0.4) is 0 Å². The molecule has 1 aliphatic rings. The van der Waals surface area contributed by atoms with Crippen molar-refractivity contribution in [3.8, 4) is 6.07 Å². The molecule has 0 bridgehead atoms. The molecule has 1 aliphatic carbocycles. The summed E-state index contributed by atoms with van der Waals surface area (Å²) >= 11 is 6.13. The number of pyridine rings is 2. The number of aromatic nitrogens is 2. The Morgan fingerprint density at radius 3 is 2.59 bits per heavy atom. The topological polar surface area (TPSA) is 112 Å². The van der Waals surface area contributed by atoms with Crippen LogP contribution in [0.15, 0.2) is 24.4 Å². The Bertz CT molecular complexity index is 994. The normalized spacial score (nSPS) is 18.4. The van der Waals surface area contributed by atoms with Crippen molar-refractivity contribution in [2.75, 3.05) is 10.6 Å². The summed E-state index contributed by atoms with van der Waals surface area (Å²) in [5, 5.41) is 19.6. The average Bonchev–Trinajstić information content (AvgIpc) is 2.67. The maximum atomic E-state index is 12.3. The number of halogens is 1. The van der Waals surface area contributed by atoms with Crippen LogP contribution in [0.5, 0.6) is 0 Å². The van der Waals surface area contributed by atoms with Gasteiger partial charge in [0.25, 0.3) is 0 Å². The first-order valence-corrected chi connectivity index (χ1v) is 11.1. The first-order valence-electron chi connectivity index (χ1n) is 10.7. The number of rotatable bonds is 5. The smallest absolute Gasteiger partial charge is 0.407 e. The Labute approximate surface area is 193 Å². The molecule has 0 saturated heterocycles. The van der Waals surface area contributed by atoms with Gasteiger partial charge in [0.15, 0.2) is 5.69 Å². The van der Waals surface area contributed by atoms with Crippen LogP contribution in [-0.2, 0) is 4.74 Å². The first kappa shape index (κ1) is 23.6. The van der Waals surface area contributed by atoms with Gasteiger partial charge < -0.3 is 20.7 Å². The Kier molecular flexibility index (Phi) is 7.41. The second-order valence-electron chi connectivity index (χ2n) is 8.96. The molecule has 0 aliphatic heterocycles. The molecular weight excluding hydrogens is 428 g/mol. The van der Waals surface area contributed by atoms with Crippen molar-refractivity contribution in [2.24, 2.45) is 0 Å². The number of ether oxygens (including phenoxy) is 1. The molecule has 1 amide bonds. The summed E-state index contributed by atoms with van der Waals surface area (Å²) in [6, 6.07) is 7.32. The van der Waals surface area contributed by atoms with Gasteiger partial charge in [-0.25, -0.2) is 14.8 Å². The first-order chi connectivity index (χ1) is 15.1. The van der Waals surface area contributed by atoms with Gasteiger partial charge in [0.1, 0.15) is 17.5 Å². The minimum Gasteiger partial charge on any atom is -0.444 e. The third-order valence-electron chi connectivity index (χ3n) is 4.99. The van der Waals surface area contributed by atoms with Crippen LogP contribution in [0.4, 0.5) is 22.0 Å². The summed E-state index contributed by atoms with van der Waals surface area (Å²) in [7, 11) is 0. The lowest BCUT2D eigenvalue weighted by molar-refractivity contribution is 0.0488. The third-order valence-corrected chi connectivity index (χ3v) is 5.21. The van der Waals surface area contributed by atoms with Crippen LogP contribution >= 0.6 is 11.6 Å². The van der Waals surface area contributed by atoms with Crippen LogP contribution in [0.25, 0.3) is 0 Å². The average molecular weight is 457 g/mol. The van der Waals surface area contributed by atoms with Crippen molar-refractivity contribution in [1.82, 2.24) is 15.3 Å². The molecule has 0 unspecified atom stereocenters. The maximum Gasteiger partial charge on any atom is 0.407 e. The monoisotopic (exact) mass is 456 g/mol. The van der Waals surface area contributed by atoms with Crippen LogP contribution in [0, 0.1) is 18.3 Å². The van der Waals surface area contributed by atoms with E-state index in [0.717, 1.165) is 37.1 Å². The predicted molar refractivity (Wildman–Crippen MR) is 125 cm³/mol. The Morgan fingerprint density at radius 2 is 1.94 bits per heavy atom. The standard InChI is InChI=1S/C23H29ClN6O2/c1-14-9-15(24)10-21(27-14)29-19-11-16(13-26-20(19)12-25)28-17-7-5-6-8-18(17)30-22(31)32-23(2,3)4/h9-11,13,17-18,28H,5-8H2,1-4H3,(H,27,29)(H,30,31)/t17-,18+/m1/s1. The summed E-state index contributed by atoms with van der Waals surface area (Å²) in [6.07, 6.45) is 5.07. The van der Waals surface area contributed by atoms with E-state index in [1.165, 1.54) is 0 Å². The van der Waals surface area contributed by atoms with E-state index in [0.29, 0.717) is 16.5 Å². The highest BCUT2D eigenvalue weighted by Crippen LogP contribution is 2.27. The molecule has 1 saturated carbocycles. The molecule has 32 heavy (non-hydrogen) atoms. The van der Waals surface area contributed by atoms with Crippen LogP contribution in [0.1, 0.15) is 57.8 Å². The van der Waals surface area contributed by atoms with Crippen molar-refractivity contribution < 1.29 is 9.53 Å². The molecule has 0 aromatic carbocycles. The van der Waals surface area contributed by atoms with Gasteiger partial charge in [0.2, 0.25) is 0 Å². The fraction of sp³-hybridized carbons (Fsp3) is 0.478. The van der Waals surface area contributed by atoms with Crippen LogP contribution in [0.2, 0.25) is 5.02 Å². The largest absolute Gasteiger partial charge is 0.444 e. The van der Waals surface area contributed by atoms with E-state index in [1.807, 2.05) is 33.8 Å². The van der Waals surface area contributed by atoms with Gasteiger partial charge in [-0.1, -0.05) is 24.4 Å². The lowest BCUT2D eigenvalue weighted by Crippen LogP contribution is -2.49. The zero-order chi connectivity index (χ0) is 23.3. The number of nitrogens with zero attached hydrogens (tertiary/aromatic N) is 3. The number of amides is 1. The highest BCUT2D eigenvalue weighted by atomic mass is 35.5. The SMILES string of the molecule is Cc1cc(Cl)cc(Nc2cc(N[C@@H]3CCCC[C@@H]3NC(=O)OC(C)(C)C)cnc2C#N)n1. The minimum absolute atomic E-state index is 0.0189. The molecule has 8 nitrogen and oxygen atoms in total. The molecule has 2 aromatic rings. The maximum absolute atomic E-state index is 12.3. The summed E-state index contributed by atoms with van der Waals surface area (Å²) in [4.78, 5) is 21.0. The lowest BCUT2D eigenvalue weighted by atomic mass is 9.90. The number of anilines is 3. The zero-order valence-electron chi connectivity index (χ0n) is 18.8. The number of nitrogens with one attached hydrogen (secondary N) is 3. The van der Waals surface area contributed by atoms with E-state index in [9.17, 15) is 10.1 Å². The third kappa shape index (κ3) is 6.72. The number of carbonyl (C=O) groups is 1. The fourth-order valence-corrected chi connectivity index (χ4v) is 3.97. The zero-order valence-corrected chi connectivity index (χ0v) is 19.6. The number of nitriles is 1. The molecular formula is C23H29ClN6O2. The van der Waals surface area contributed by atoms with Crippen LogP contribution < -0.4 is 16.0 Å². The molecule has 3 N–H and O–H groups in total. The highest BCUT2D eigenvalue weighted by Gasteiger charge is 2.28. The second-order valence-corrected chi connectivity index (χ2v) is 9.39. The molecule has 9 heteroatoms. The summed E-state index contributed by atoms with van der Waals surface area (Å²) in [5.74, 6) is 0.535. The molecule has 2 heterocycles. The number of carbonyl (C=O) groups excluding carboxylic acids is 1. The van der Waals surface area contributed by atoms with Crippen LogP contribution in [-0.4, -0.2) is 33.7 Å². The second kappa shape index (κ2) is 10.0. The van der Waals surface area contributed by atoms with Crippen molar-refractivity contribution in [2.45, 2.75) is 71.1 Å². The number of hydrogen-bond acceptors (Lipinski definition) is 7. The van der Waals surface area contributed by atoms with Crippen molar-refractivity contribution in [1.29, 1.82) is 5.26 Å². The summed E-state index contributed by atoms with van der Waals surface area (Å²) in [6.45, 7) is 7.38. The van der Waals surface area contributed by atoms with Gasteiger partial charge in [-0.3, -0.25) is 0 Å². The number of aryl methyl sites for hydroxylation is 1. The Morgan fingerprint density at radius 1 is 1.22 bits per heavy atom. The fourth-order valence-electron chi connectivity index (χ4n) is 3.71. The highest BCUT2D eigenvalue weighted by molar-refractivity contribution is 6.30. The minimum atomic E-state index is -0.550. The van der Waals surface area contributed by atoms with E-state index in [2.05, 4.69) is 32.0 Å². The Balaban J connectivity index is 1.76. The molecule has 0 radical (unpaired) electrons. The van der Waals surface area contributed by atoms with Crippen molar-refractivity contribution in [3.63, 3.8) is 0 Å². The Hall–Kier alpha value is -3.05. The molecule has 3 rings (SSSR count). The molecule has 2 atom stereocenters. The van der Waals surface area contributed by atoms with Gasteiger partial charge in [0.05, 0.1) is 23.6 Å². The number of alkyl carbamates (subject to hydrolysis) is 1. The van der Waals surface area contributed by atoms with E-state index < -0.39 is 11.7 Å². The van der Waals surface area contributed by atoms with Gasteiger partial charge >= 0.3 is 6.09 Å². The molecule has 1 fully saturated rings. The van der Waals surface area contributed by atoms with Crippen molar-refractivity contribution in [3.05, 3.63) is 40.8 Å². The van der Waals surface area contributed by atoms with E-state index in [-0.39, 0.29) is 17.8 Å².